The van der Waals surface area contributed by atoms with Crippen molar-refractivity contribution < 1.29 is 14.3 Å². The molecule has 2 amide bonds. The van der Waals surface area contributed by atoms with E-state index in [2.05, 4.69) is 19.2 Å². The maximum absolute atomic E-state index is 13.2. The number of rotatable bonds is 10. The van der Waals surface area contributed by atoms with Crippen LogP contribution in [0.2, 0.25) is 0 Å². The van der Waals surface area contributed by atoms with Crippen LogP contribution in [0.1, 0.15) is 49.4 Å². The highest BCUT2D eigenvalue weighted by Crippen LogP contribution is 2.18. The summed E-state index contributed by atoms with van der Waals surface area (Å²) in [4.78, 5) is 27.8. The molecule has 0 aromatic heterocycles. The van der Waals surface area contributed by atoms with Gasteiger partial charge in [0.1, 0.15) is 11.8 Å². The van der Waals surface area contributed by atoms with E-state index in [0.717, 1.165) is 16.7 Å². The minimum atomic E-state index is -0.547. The Kier molecular flexibility index (Phi) is 9.10. The summed E-state index contributed by atoms with van der Waals surface area (Å²) in [5.41, 5.74) is 4.40. The number of hydrogen-bond acceptors (Lipinski definition) is 3. The van der Waals surface area contributed by atoms with E-state index in [9.17, 15) is 9.59 Å². The first-order valence-electron chi connectivity index (χ1n) is 11.0. The van der Waals surface area contributed by atoms with Gasteiger partial charge in [0.2, 0.25) is 5.91 Å². The maximum Gasteiger partial charge on any atom is 0.261 e. The molecule has 168 valence electrons. The number of hydrogen-bond donors (Lipinski definition) is 1. The number of carbonyl (C=O) groups is 2. The van der Waals surface area contributed by atoms with Gasteiger partial charge in [0, 0.05) is 13.1 Å². The standard InChI is InChI=1S/C26H36N2O3/c1-7-24(26(30)27-15-18(2)3)28(16-22-11-9-8-10-20(22)5)25(29)17-31-23-13-12-19(4)21(6)14-23/h8-14,18,24H,7,15-17H2,1-6H3,(H,27,30)/t24-/m1/s1. The molecular weight excluding hydrogens is 388 g/mol. The largest absolute Gasteiger partial charge is 0.484 e. The summed E-state index contributed by atoms with van der Waals surface area (Å²) >= 11 is 0. The Bertz CT molecular complexity index is 892. The molecule has 0 aliphatic carbocycles. The third-order valence-corrected chi connectivity index (χ3v) is 5.51. The molecule has 0 aliphatic rings. The van der Waals surface area contributed by atoms with Gasteiger partial charge in [0.05, 0.1) is 0 Å². The number of nitrogens with one attached hydrogen (secondary N) is 1. The van der Waals surface area contributed by atoms with Crippen LogP contribution in [0.3, 0.4) is 0 Å². The van der Waals surface area contributed by atoms with E-state index in [1.807, 2.05) is 70.2 Å². The Morgan fingerprint density at radius 3 is 2.32 bits per heavy atom. The van der Waals surface area contributed by atoms with Gasteiger partial charge in [0.25, 0.3) is 5.91 Å². The molecule has 2 rings (SSSR count). The Morgan fingerprint density at radius 1 is 1.00 bits per heavy atom. The Morgan fingerprint density at radius 2 is 1.71 bits per heavy atom. The highest BCUT2D eigenvalue weighted by atomic mass is 16.5. The molecule has 31 heavy (non-hydrogen) atoms. The lowest BCUT2D eigenvalue weighted by Gasteiger charge is -2.31. The zero-order chi connectivity index (χ0) is 23.0. The van der Waals surface area contributed by atoms with Crippen LogP contribution in [0.5, 0.6) is 5.75 Å². The van der Waals surface area contributed by atoms with Gasteiger partial charge in [-0.25, -0.2) is 0 Å². The molecule has 0 unspecified atom stereocenters. The normalized spacial score (nSPS) is 11.8. The van der Waals surface area contributed by atoms with Gasteiger partial charge in [-0.2, -0.15) is 0 Å². The quantitative estimate of drug-likeness (QED) is 0.608. The molecule has 2 aromatic rings. The van der Waals surface area contributed by atoms with Crippen molar-refractivity contribution in [2.75, 3.05) is 13.2 Å². The number of nitrogens with zero attached hydrogens (tertiary/aromatic N) is 1. The number of aryl methyl sites for hydroxylation is 3. The van der Waals surface area contributed by atoms with Crippen LogP contribution in [0.4, 0.5) is 0 Å². The van der Waals surface area contributed by atoms with Gasteiger partial charge < -0.3 is 15.0 Å². The second-order valence-electron chi connectivity index (χ2n) is 8.55. The van der Waals surface area contributed by atoms with E-state index in [4.69, 9.17) is 4.74 Å². The molecule has 0 aliphatic heterocycles. The molecule has 2 aromatic carbocycles. The summed E-state index contributed by atoms with van der Waals surface area (Å²) < 4.78 is 5.80. The topological polar surface area (TPSA) is 58.6 Å². The van der Waals surface area contributed by atoms with Crippen molar-refractivity contribution in [3.05, 3.63) is 64.7 Å². The minimum absolute atomic E-state index is 0.109. The van der Waals surface area contributed by atoms with Crippen molar-refractivity contribution in [1.82, 2.24) is 10.2 Å². The number of carbonyl (C=O) groups excluding carboxylic acids is 2. The molecule has 0 saturated heterocycles. The van der Waals surface area contributed by atoms with E-state index >= 15 is 0 Å². The van der Waals surface area contributed by atoms with E-state index in [0.29, 0.717) is 31.2 Å². The Balaban J connectivity index is 2.22. The first kappa shape index (κ1) is 24.4. The molecule has 5 heteroatoms. The smallest absolute Gasteiger partial charge is 0.261 e. The van der Waals surface area contributed by atoms with Crippen molar-refractivity contribution in [2.24, 2.45) is 5.92 Å². The Labute approximate surface area is 186 Å². The number of amides is 2. The average Bonchev–Trinajstić information content (AvgIpc) is 2.74. The van der Waals surface area contributed by atoms with Gasteiger partial charge in [-0.05, 0) is 67.5 Å². The van der Waals surface area contributed by atoms with Gasteiger partial charge in [-0.15, -0.1) is 0 Å². The van der Waals surface area contributed by atoms with Crippen molar-refractivity contribution >= 4 is 11.8 Å². The lowest BCUT2D eigenvalue weighted by molar-refractivity contribution is -0.143. The van der Waals surface area contributed by atoms with Crippen molar-refractivity contribution in [1.29, 1.82) is 0 Å². The molecule has 0 saturated carbocycles. The zero-order valence-corrected chi connectivity index (χ0v) is 19.7. The summed E-state index contributed by atoms with van der Waals surface area (Å²) in [6.07, 6.45) is 0.533. The summed E-state index contributed by atoms with van der Waals surface area (Å²) in [7, 11) is 0. The summed E-state index contributed by atoms with van der Waals surface area (Å²) in [5.74, 6) is 0.678. The fraction of sp³-hybridized carbons (Fsp3) is 0.462. The molecule has 1 atom stereocenters. The third kappa shape index (κ3) is 7.12. The van der Waals surface area contributed by atoms with E-state index in [1.165, 1.54) is 5.56 Å². The predicted molar refractivity (Wildman–Crippen MR) is 125 cm³/mol. The summed E-state index contributed by atoms with van der Waals surface area (Å²) in [6.45, 7) is 12.9. The third-order valence-electron chi connectivity index (χ3n) is 5.51. The van der Waals surface area contributed by atoms with Gasteiger partial charge in [-0.1, -0.05) is 51.1 Å². The van der Waals surface area contributed by atoms with Crippen LogP contribution >= 0.6 is 0 Å². The fourth-order valence-corrected chi connectivity index (χ4v) is 3.34. The highest BCUT2D eigenvalue weighted by Gasteiger charge is 2.29. The molecule has 0 fully saturated rings. The first-order chi connectivity index (χ1) is 14.7. The predicted octanol–water partition coefficient (Wildman–Crippen LogP) is 4.57. The van der Waals surface area contributed by atoms with Gasteiger partial charge in [0.15, 0.2) is 6.61 Å². The molecule has 0 radical (unpaired) electrons. The van der Waals surface area contributed by atoms with Gasteiger partial charge in [-0.3, -0.25) is 9.59 Å². The molecule has 1 N–H and O–H groups in total. The van der Waals surface area contributed by atoms with E-state index in [-0.39, 0.29) is 18.4 Å². The molecule has 0 heterocycles. The van der Waals surface area contributed by atoms with Crippen molar-refractivity contribution in [3.8, 4) is 5.75 Å². The Hall–Kier alpha value is -2.82. The van der Waals surface area contributed by atoms with Crippen LogP contribution in [0, 0.1) is 26.7 Å². The minimum Gasteiger partial charge on any atom is -0.484 e. The lowest BCUT2D eigenvalue weighted by atomic mass is 10.1. The van der Waals surface area contributed by atoms with Gasteiger partial charge >= 0.3 is 0 Å². The van der Waals surface area contributed by atoms with Crippen molar-refractivity contribution in [2.45, 2.75) is 60.5 Å². The lowest BCUT2D eigenvalue weighted by Crippen LogP contribution is -2.50. The number of benzene rings is 2. The average molecular weight is 425 g/mol. The molecule has 5 nitrogen and oxygen atoms in total. The van der Waals surface area contributed by atoms with Crippen LogP contribution in [0.15, 0.2) is 42.5 Å². The van der Waals surface area contributed by atoms with Crippen LogP contribution in [-0.4, -0.2) is 35.9 Å². The second-order valence-corrected chi connectivity index (χ2v) is 8.55. The molecular formula is C26H36N2O3. The summed E-state index contributed by atoms with van der Waals surface area (Å²) in [6, 6.07) is 13.2. The molecule has 0 bridgehead atoms. The van der Waals surface area contributed by atoms with E-state index < -0.39 is 6.04 Å². The molecule has 0 spiro atoms. The monoisotopic (exact) mass is 424 g/mol. The van der Waals surface area contributed by atoms with Crippen LogP contribution in [-0.2, 0) is 16.1 Å². The fourth-order valence-electron chi connectivity index (χ4n) is 3.34. The highest BCUT2D eigenvalue weighted by molar-refractivity contribution is 5.88. The summed E-state index contributed by atoms with van der Waals surface area (Å²) in [5, 5.41) is 2.98. The van der Waals surface area contributed by atoms with Crippen molar-refractivity contribution in [3.63, 3.8) is 0 Å². The van der Waals surface area contributed by atoms with Crippen LogP contribution < -0.4 is 10.1 Å². The first-order valence-corrected chi connectivity index (χ1v) is 11.0. The second kappa shape index (κ2) is 11.5. The van der Waals surface area contributed by atoms with E-state index in [1.54, 1.807) is 4.90 Å². The number of ether oxygens (including phenoxy) is 1. The zero-order valence-electron chi connectivity index (χ0n) is 19.7. The maximum atomic E-state index is 13.2. The van der Waals surface area contributed by atoms with Crippen LogP contribution in [0.25, 0.3) is 0 Å². The SMILES string of the molecule is CC[C@H](C(=O)NCC(C)C)N(Cc1ccccc1C)C(=O)COc1ccc(C)c(C)c1.